The van der Waals surface area contributed by atoms with Gasteiger partial charge in [-0.3, -0.25) is 24.4 Å². The predicted octanol–water partition coefficient (Wildman–Crippen LogP) is 4.17. The fourth-order valence-corrected chi connectivity index (χ4v) is 5.03. The van der Waals surface area contributed by atoms with E-state index in [-0.39, 0.29) is 23.9 Å². The van der Waals surface area contributed by atoms with Gasteiger partial charge >= 0.3 is 0 Å². The number of pyridine rings is 1. The summed E-state index contributed by atoms with van der Waals surface area (Å²) in [5, 5.41) is 0. The van der Waals surface area contributed by atoms with E-state index in [9.17, 15) is 9.59 Å². The van der Waals surface area contributed by atoms with Crippen molar-refractivity contribution in [2.45, 2.75) is 65.0 Å². The van der Waals surface area contributed by atoms with Crippen LogP contribution in [0.15, 0.2) is 36.7 Å². The topological polar surface area (TPSA) is 53.5 Å². The van der Waals surface area contributed by atoms with Crippen LogP contribution in [-0.4, -0.2) is 51.8 Å². The molecule has 2 atom stereocenters. The number of imide groups is 1. The van der Waals surface area contributed by atoms with Crippen LogP contribution >= 0.6 is 0 Å². The molecule has 2 amide bonds. The van der Waals surface area contributed by atoms with E-state index in [4.69, 9.17) is 0 Å². The number of aryl methyl sites for hydroxylation is 2. The molecule has 2 unspecified atom stereocenters. The molecule has 0 spiro atoms. The minimum Gasteiger partial charge on any atom is -0.298 e. The molecule has 4 rings (SSSR count). The summed E-state index contributed by atoms with van der Waals surface area (Å²) in [6, 6.07) is 7.99. The first-order valence-electron chi connectivity index (χ1n) is 11.1. The highest BCUT2D eigenvalue weighted by atomic mass is 16.2. The molecule has 0 N–H and O–H groups in total. The average molecular weight is 406 g/mol. The first kappa shape index (κ1) is 20.7. The summed E-state index contributed by atoms with van der Waals surface area (Å²) in [5.41, 5.74) is 4.46. The Balaban J connectivity index is 1.48. The highest BCUT2D eigenvalue weighted by Crippen LogP contribution is 2.32. The number of benzene rings is 1. The molecule has 3 heterocycles. The van der Waals surface area contributed by atoms with Crippen LogP contribution in [0.1, 0.15) is 70.0 Å². The van der Waals surface area contributed by atoms with Gasteiger partial charge in [0.1, 0.15) is 0 Å². The zero-order chi connectivity index (χ0) is 21.3. The summed E-state index contributed by atoms with van der Waals surface area (Å²) in [5.74, 6) is -0.251. The van der Waals surface area contributed by atoms with Crippen LogP contribution in [-0.2, 0) is 6.42 Å². The Bertz CT molecular complexity index is 941. The van der Waals surface area contributed by atoms with Crippen LogP contribution in [0, 0.1) is 13.8 Å². The quantitative estimate of drug-likeness (QED) is 0.677. The van der Waals surface area contributed by atoms with Crippen LogP contribution in [0.3, 0.4) is 0 Å². The highest BCUT2D eigenvalue weighted by Gasteiger charge is 2.43. The summed E-state index contributed by atoms with van der Waals surface area (Å²) >= 11 is 0. The van der Waals surface area contributed by atoms with Gasteiger partial charge in [0.2, 0.25) is 0 Å². The van der Waals surface area contributed by atoms with E-state index >= 15 is 0 Å². The zero-order valence-electron chi connectivity index (χ0n) is 18.2. The largest absolute Gasteiger partial charge is 0.298 e. The van der Waals surface area contributed by atoms with Gasteiger partial charge in [0.25, 0.3) is 11.8 Å². The fraction of sp³-hybridized carbons (Fsp3) is 0.480. The molecule has 2 aliphatic heterocycles. The maximum absolute atomic E-state index is 13.3. The molecule has 1 aromatic carbocycles. The minimum atomic E-state index is -0.132. The highest BCUT2D eigenvalue weighted by molar-refractivity contribution is 6.22. The van der Waals surface area contributed by atoms with E-state index in [1.807, 2.05) is 38.4 Å². The molecule has 0 radical (unpaired) electrons. The van der Waals surface area contributed by atoms with Crippen molar-refractivity contribution in [2.75, 3.05) is 13.1 Å². The van der Waals surface area contributed by atoms with Crippen molar-refractivity contribution in [3.05, 3.63) is 64.5 Å². The van der Waals surface area contributed by atoms with Gasteiger partial charge in [0.05, 0.1) is 17.2 Å². The van der Waals surface area contributed by atoms with Crippen molar-refractivity contribution in [1.29, 1.82) is 0 Å². The number of nitrogens with zero attached hydrogens (tertiary/aromatic N) is 3. The van der Waals surface area contributed by atoms with E-state index in [1.54, 1.807) is 0 Å². The Kier molecular flexibility index (Phi) is 6.00. The van der Waals surface area contributed by atoms with Gasteiger partial charge in [-0.15, -0.1) is 0 Å². The second kappa shape index (κ2) is 8.68. The summed E-state index contributed by atoms with van der Waals surface area (Å²) in [6.45, 7) is 8.01. The normalized spacial score (nSPS) is 20.5. The van der Waals surface area contributed by atoms with E-state index in [0.717, 1.165) is 49.9 Å². The molecule has 5 nitrogen and oxygen atoms in total. The number of fused-ring (bicyclic) bond motifs is 1. The van der Waals surface area contributed by atoms with Crippen LogP contribution in [0.2, 0.25) is 0 Å². The molecular formula is C25H31N3O2. The van der Waals surface area contributed by atoms with E-state index in [2.05, 4.69) is 28.9 Å². The Morgan fingerprint density at radius 2 is 1.83 bits per heavy atom. The fourth-order valence-electron chi connectivity index (χ4n) is 5.03. The number of piperidine rings is 1. The van der Waals surface area contributed by atoms with Gasteiger partial charge in [0, 0.05) is 18.4 Å². The third-order valence-electron chi connectivity index (χ3n) is 6.91. The Morgan fingerprint density at radius 3 is 2.60 bits per heavy atom. The van der Waals surface area contributed by atoms with Crippen molar-refractivity contribution in [3.63, 3.8) is 0 Å². The second-order valence-electron chi connectivity index (χ2n) is 8.71. The van der Waals surface area contributed by atoms with Crippen molar-refractivity contribution >= 4 is 11.8 Å². The lowest BCUT2D eigenvalue weighted by atomic mass is 9.94. The first-order valence-corrected chi connectivity index (χ1v) is 11.1. The maximum atomic E-state index is 13.3. The summed E-state index contributed by atoms with van der Waals surface area (Å²) in [4.78, 5) is 34.5. The monoisotopic (exact) mass is 405 g/mol. The lowest BCUT2D eigenvalue weighted by Crippen LogP contribution is -2.54. The number of carbonyl (C=O) groups excluding carboxylic acids is 2. The molecule has 1 aromatic heterocycles. The van der Waals surface area contributed by atoms with Gasteiger partial charge in [-0.1, -0.05) is 12.5 Å². The number of hydrogen-bond acceptors (Lipinski definition) is 4. The van der Waals surface area contributed by atoms with Crippen LogP contribution in [0.25, 0.3) is 0 Å². The molecule has 0 bridgehead atoms. The Labute approximate surface area is 179 Å². The van der Waals surface area contributed by atoms with Gasteiger partial charge in [0.15, 0.2) is 0 Å². The Hall–Kier alpha value is -2.53. The number of hydrogen-bond donors (Lipinski definition) is 0. The lowest BCUT2D eigenvalue weighted by Gasteiger charge is -2.41. The van der Waals surface area contributed by atoms with Crippen LogP contribution in [0.5, 0.6) is 0 Å². The molecule has 5 heteroatoms. The number of amides is 2. The van der Waals surface area contributed by atoms with Crippen molar-refractivity contribution in [1.82, 2.24) is 14.8 Å². The zero-order valence-corrected chi connectivity index (χ0v) is 18.2. The first-order chi connectivity index (χ1) is 14.5. The maximum Gasteiger partial charge on any atom is 0.262 e. The third-order valence-corrected chi connectivity index (χ3v) is 6.91. The number of rotatable bonds is 6. The smallest absolute Gasteiger partial charge is 0.262 e. The average Bonchev–Trinajstić information content (AvgIpc) is 3.01. The number of likely N-dealkylation sites (tertiary alicyclic amines) is 1. The Morgan fingerprint density at radius 1 is 1.07 bits per heavy atom. The van der Waals surface area contributed by atoms with Crippen molar-refractivity contribution in [3.8, 4) is 0 Å². The van der Waals surface area contributed by atoms with Gasteiger partial charge in [-0.25, -0.2) is 0 Å². The van der Waals surface area contributed by atoms with Gasteiger partial charge in [-0.05, 0) is 94.4 Å². The summed E-state index contributed by atoms with van der Waals surface area (Å²) in [7, 11) is 0. The molecule has 30 heavy (non-hydrogen) atoms. The SMILES string of the molecule is Cc1ccc2c(c1C)C(=O)N(C(C)C1CCCCN1CCCc1ccncc1)C2=O. The van der Waals surface area contributed by atoms with E-state index in [0.29, 0.717) is 11.1 Å². The lowest BCUT2D eigenvalue weighted by molar-refractivity contribution is 0.0394. The summed E-state index contributed by atoms with van der Waals surface area (Å²) in [6.07, 6.45) is 9.12. The van der Waals surface area contributed by atoms with E-state index in [1.165, 1.54) is 16.9 Å². The number of aromatic nitrogens is 1. The van der Waals surface area contributed by atoms with E-state index < -0.39 is 0 Å². The molecule has 1 fully saturated rings. The van der Waals surface area contributed by atoms with Crippen LogP contribution < -0.4 is 0 Å². The molecule has 158 valence electrons. The molecule has 2 aliphatic rings. The third kappa shape index (κ3) is 3.79. The molecule has 2 aromatic rings. The number of carbonyl (C=O) groups is 2. The molecule has 0 saturated carbocycles. The van der Waals surface area contributed by atoms with Crippen LogP contribution in [0.4, 0.5) is 0 Å². The van der Waals surface area contributed by atoms with Crippen molar-refractivity contribution < 1.29 is 9.59 Å². The van der Waals surface area contributed by atoms with Crippen molar-refractivity contribution in [2.24, 2.45) is 0 Å². The van der Waals surface area contributed by atoms with Gasteiger partial charge in [-0.2, -0.15) is 0 Å². The molecule has 0 aliphatic carbocycles. The van der Waals surface area contributed by atoms with Gasteiger partial charge < -0.3 is 0 Å². The molecule has 1 saturated heterocycles. The second-order valence-corrected chi connectivity index (χ2v) is 8.71. The minimum absolute atomic E-state index is 0.119. The predicted molar refractivity (Wildman–Crippen MR) is 118 cm³/mol. The summed E-state index contributed by atoms with van der Waals surface area (Å²) < 4.78 is 0. The standard InChI is InChI=1S/C25H31N3O2/c1-17-9-10-21-23(18(17)2)25(30)28(24(21)29)19(3)22-8-4-5-15-27(22)16-6-7-20-11-13-26-14-12-20/h9-14,19,22H,4-8,15-16H2,1-3H3. The molecular weight excluding hydrogens is 374 g/mol.